The van der Waals surface area contributed by atoms with Gasteiger partial charge in [0.15, 0.2) is 11.5 Å². The highest BCUT2D eigenvalue weighted by Gasteiger charge is 2.21. The molecule has 0 aliphatic rings. The van der Waals surface area contributed by atoms with Crippen molar-refractivity contribution in [3.63, 3.8) is 0 Å². The van der Waals surface area contributed by atoms with Gasteiger partial charge in [-0.15, -0.1) is 0 Å². The lowest BCUT2D eigenvalue weighted by Crippen LogP contribution is -2.34. The minimum atomic E-state index is -3.77. The zero-order valence-corrected chi connectivity index (χ0v) is 17.1. The molecule has 4 N–H and O–H groups in total. The van der Waals surface area contributed by atoms with E-state index in [1.54, 1.807) is 12.1 Å². The van der Waals surface area contributed by atoms with Crippen LogP contribution in [-0.2, 0) is 10.2 Å². The van der Waals surface area contributed by atoms with Gasteiger partial charge in [0.2, 0.25) is 0 Å². The summed E-state index contributed by atoms with van der Waals surface area (Å²) in [7, 11) is -3.77. The molecular formula is C15H20BrFN6O3S. The van der Waals surface area contributed by atoms with Crippen LogP contribution in [0.15, 0.2) is 32.3 Å². The van der Waals surface area contributed by atoms with Gasteiger partial charge in [0.1, 0.15) is 5.82 Å². The predicted octanol–water partition coefficient (Wildman–Crippen LogP) is 2.34. The standard InChI is InChI=1S/C15H20BrFN6O3S/c1-3-9(2)13(21-10-4-5-12(17)11(16)8-10)14-15(23-26-22-14)19-6-7-20-27(18,24)25/h4-5,8-9,20H,3,6-7H2,1-2H3,(H,19,23)(H2,18,24,25). The molecule has 0 saturated carbocycles. The molecular weight excluding hydrogens is 443 g/mol. The third-order valence-electron chi connectivity index (χ3n) is 3.68. The number of nitrogens with zero attached hydrogens (tertiary/aromatic N) is 3. The smallest absolute Gasteiger partial charge is 0.274 e. The summed E-state index contributed by atoms with van der Waals surface area (Å²) in [5, 5.41) is 15.5. The highest BCUT2D eigenvalue weighted by molar-refractivity contribution is 9.10. The van der Waals surface area contributed by atoms with E-state index in [-0.39, 0.29) is 24.8 Å². The van der Waals surface area contributed by atoms with E-state index in [1.165, 1.54) is 6.07 Å². The third kappa shape index (κ3) is 6.34. The van der Waals surface area contributed by atoms with Crippen molar-refractivity contribution in [2.45, 2.75) is 20.3 Å². The van der Waals surface area contributed by atoms with Crippen LogP contribution in [-0.4, -0.2) is 37.5 Å². The minimum Gasteiger partial charge on any atom is -0.364 e. The number of aromatic nitrogens is 2. The van der Waals surface area contributed by atoms with E-state index in [0.717, 1.165) is 6.42 Å². The number of halogens is 2. The SMILES string of the molecule is CCC(C)C(=Nc1ccc(F)c(Br)c1)c1nonc1NCCNS(N)(=O)=O. The van der Waals surface area contributed by atoms with Crippen LogP contribution in [0.3, 0.4) is 0 Å². The van der Waals surface area contributed by atoms with Gasteiger partial charge in [-0.3, -0.25) is 4.99 Å². The molecule has 1 heterocycles. The van der Waals surface area contributed by atoms with Crippen molar-refractivity contribution >= 4 is 43.4 Å². The molecule has 12 heteroatoms. The fourth-order valence-corrected chi connectivity index (χ4v) is 2.88. The highest BCUT2D eigenvalue weighted by Crippen LogP contribution is 2.26. The molecule has 0 saturated heterocycles. The molecule has 2 aromatic rings. The van der Waals surface area contributed by atoms with Crippen molar-refractivity contribution in [2.75, 3.05) is 18.4 Å². The van der Waals surface area contributed by atoms with Gasteiger partial charge >= 0.3 is 0 Å². The van der Waals surface area contributed by atoms with Gasteiger partial charge < -0.3 is 5.32 Å². The molecule has 27 heavy (non-hydrogen) atoms. The Bertz CT molecular complexity index is 918. The quantitative estimate of drug-likeness (QED) is 0.386. The molecule has 0 spiro atoms. The largest absolute Gasteiger partial charge is 0.364 e. The molecule has 1 unspecified atom stereocenters. The summed E-state index contributed by atoms with van der Waals surface area (Å²) in [6, 6.07) is 4.43. The van der Waals surface area contributed by atoms with Crippen LogP contribution in [0.1, 0.15) is 26.0 Å². The summed E-state index contributed by atoms with van der Waals surface area (Å²) in [5.74, 6) is -0.0397. The number of nitrogens with one attached hydrogen (secondary N) is 2. The number of benzene rings is 1. The second kappa shape index (κ2) is 9.35. The van der Waals surface area contributed by atoms with Crippen LogP contribution >= 0.6 is 15.9 Å². The Labute approximate surface area is 164 Å². The van der Waals surface area contributed by atoms with E-state index in [9.17, 15) is 12.8 Å². The van der Waals surface area contributed by atoms with Crippen molar-refractivity contribution < 1.29 is 17.4 Å². The summed E-state index contributed by atoms with van der Waals surface area (Å²) < 4.78 is 42.5. The number of aliphatic imine (C=N–C) groups is 1. The molecule has 0 radical (unpaired) electrons. The fourth-order valence-electron chi connectivity index (χ4n) is 2.13. The Morgan fingerprint density at radius 3 is 2.78 bits per heavy atom. The zero-order chi connectivity index (χ0) is 20.0. The molecule has 1 atom stereocenters. The Morgan fingerprint density at radius 2 is 2.15 bits per heavy atom. The molecule has 0 aliphatic heterocycles. The third-order valence-corrected chi connectivity index (χ3v) is 4.90. The van der Waals surface area contributed by atoms with Crippen LogP contribution in [0.25, 0.3) is 0 Å². The van der Waals surface area contributed by atoms with E-state index >= 15 is 0 Å². The Balaban J connectivity index is 2.26. The maximum absolute atomic E-state index is 13.5. The summed E-state index contributed by atoms with van der Waals surface area (Å²) >= 11 is 3.14. The Hall–Kier alpha value is -1.89. The first kappa shape index (κ1) is 21.4. The zero-order valence-electron chi connectivity index (χ0n) is 14.7. The van der Waals surface area contributed by atoms with Gasteiger partial charge in [-0.1, -0.05) is 13.8 Å². The molecule has 0 aliphatic carbocycles. The van der Waals surface area contributed by atoms with Gasteiger partial charge in [0, 0.05) is 19.0 Å². The van der Waals surface area contributed by atoms with E-state index in [2.05, 4.69) is 41.3 Å². The van der Waals surface area contributed by atoms with Crippen LogP contribution in [0.5, 0.6) is 0 Å². The first-order valence-corrected chi connectivity index (χ1v) is 10.4. The van der Waals surface area contributed by atoms with Crippen LogP contribution in [0.2, 0.25) is 0 Å². The number of hydrogen-bond donors (Lipinski definition) is 3. The lowest BCUT2D eigenvalue weighted by molar-refractivity contribution is 0.307. The van der Waals surface area contributed by atoms with Gasteiger partial charge in [-0.2, -0.15) is 8.42 Å². The lowest BCUT2D eigenvalue weighted by Gasteiger charge is -2.12. The van der Waals surface area contributed by atoms with Gasteiger partial charge in [-0.25, -0.2) is 18.9 Å². The normalized spacial score (nSPS) is 13.6. The van der Waals surface area contributed by atoms with E-state index in [0.29, 0.717) is 27.4 Å². The van der Waals surface area contributed by atoms with Crippen LogP contribution < -0.4 is 15.2 Å². The molecule has 1 aromatic carbocycles. The van der Waals surface area contributed by atoms with Crippen LogP contribution in [0.4, 0.5) is 15.9 Å². The molecule has 0 bridgehead atoms. The average molecular weight is 463 g/mol. The Morgan fingerprint density at radius 1 is 1.41 bits per heavy atom. The van der Waals surface area contributed by atoms with Gasteiger partial charge in [0.05, 0.1) is 15.9 Å². The number of anilines is 1. The first-order chi connectivity index (χ1) is 12.7. The summed E-state index contributed by atoms with van der Waals surface area (Å²) in [6.07, 6.45) is 0.778. The topological polar surface area (TPSA) is 136 Å². The lowest BCUT2D eigenvalue weighted by atomic mass is 9.99. The van der Waals surface area contributed by atoms with Gasteiger partial charge in [-0.05, 0) is 50.9 Å². The number of nitrogens with two attached hydrogens (primary N) is 1. The second-order valence-corrected chi connectivity index (χ2v) is 7.97. The number of hydrogen-bond acceptors (Lipinski definition) is 7. The van der Waals surface area contributed by atoms with Crippen molar-refractivity contribution in [1.29, 1.82) is 0 Å². The molecule has 0 amide bonds. The Kier molecular flexibility index (Phi) is 7.41. The van der Waals surface area contributed by atoms with E-state index in [4.69, 9.17) is 9.77 Å². The average Bonchev–Trinajstić information content (AvgIpc) is 3.06. The van der Waals surface area contributed by atoms with E-state index in [1.807, 2.05) is 13.8 Å². The monoisotopic (exact) mass is 462 g/mol. The van der Waals surface area contributed by atoms with Crippen molar-refractivity contribution in [1.82, 2.24) is 15.0 Å². The molecule has 1 aromatic heterocycles. The molecule has 2 rings (SSSR count). The summed E-state index contributed by atoms with van der Waals surface area (Å²) in [5.41, 5.74) is 1.56. The van der Waals surface area contributed by atoms with Gasteiger partial charge in [0.25, 0.3) is 10.2 Å². The summed E-state index contributed by atoms with van der Waals surface area (Å²) in [4.78, 5) is 4.59. The van der Waals surface area contributed by atoms with Crippen molar-refractivity contribution in [3.8, 4) is 0 Å². The molecule has 9 nitrogen and oxygen atoms in total. The minimum absolute atomic E-state index is 0.0174. The maximum Gasteiger partial charge on any atom is 0.274 e. The maximum atomic E-state index is 13.5. The molecule has 0 fully saturated rings. The van der Waals surface area contributed by atoms with Crippen LogP contribution in [0, 0.1) is 11.7 Å². The summed E-state index contributed by atoms with van der Waals surface area (Å²) in [6.45, 7) is 4.25. The van der Waals surface area contributed by atoms with Crippen molar-refractivity contribution in [3.05, 3.63) is 34.2 Å². The fraction of sp³-hybridized carbons (Fsp3) is 0.400. The second-order valence-electron chi connectivity index (χ2n) is 5.73. The van der Waals surface area contributed by atoms with E-state index < -0.39 is 10.2 Å². The highest BCUT2D eigenvalue weighted by atomic mass is 79.9. The predicted molar refractivity (Wildman–Crippen MR) is 104 cm³/mol. The molecule has 148 valence electrons. The van der Waals surface area contributed by atoms with Crippen molar-refractivity contribution in [2.24, 2.45) is 16.0 Å². The first-order valence-electron chi connectivity index (χ1n) is 8.09. The number of rotatable bonds is 9.